The van der Waals surface area contributed by atoms with Gasteiger partial charge in [-0.15, -0.1) is 24.0 Å². The van der Waals surface area contributed by atoms with E-state index in [0.29, 0.717) is 11.9 Å². The Hall–Kier alpha value is -0.0800. The van der Waals surface area contributed by atoms with Crippen LogP contribution in [0.3, 0.4) is 0 Å². The summed E-state index contributed by atoms with van der Waals surface area (Å²) in [7, 11) is 2.19. The lowest BCUT2D eigenvalue weighted by molar-refractivity contribution is 0.140. The molecule has 0 aromatic heterocycles. The first-order valence-corrected chi connectivity index (χ1v) is 7.56. The average Bonchev–Trinajstić information content (AvgIpc) is 2.39. The topological polar surface area (TPSA) is 56.9 Å². The van der Waals surface area contributed by atoms with Gasteiger partial charge in [0.2, 0.25) is 0 Å². The Morgan fingerprint density at radius 2 is 1.95 bits per heavy atom. The van der Waals surface area contributed by atoms with E-state index in [1.807, 2.05) is 0 Å². The van der Waals surface area contributed by atoms with Gasteiger partial charge in [0, 0.05) is 45.8 Å². The SMILES string of the molecule is CCCCNC(N)=NCC(C)CN1CCN(C)CC1.I. The van der Waals surface area contributed by atoms with E-state index in [9.17, 15) is 0 Å². The molecule has 120 valence electrons. The summed E-state index contributed by atoms with van der Waals surface area (Å²) in [6, 6.07) is 0. The maximum absolute atomic E-state index is 5.83. The van der Waals surface area contributed by atoms with Crippen molar-refractivity contribution in [1.82, 2.24) is 15.1 Å². The fourth-order valence-corrected chi connectivity index (χ4v) is 2.23. The standard InChI is InChI=1S/C14H31N5.HI/c1-4-5-6-16-14(15)17-11-13(2)12-19-9-7-18(3)8-10-19;/h13H,4-12H2,1-3H3,(H3,15,16,17);1H. The first-order chi connectivity index (χ1) is 9.11. The molecule has 0 amide bonds. The normalized spacial score (nSPS) is 19.4. The van der Waals surface area contributed by atoms with Crippen LogP contribution in [0.1, 0.15) is 26.7 Å². The van der Waals surface area contributed by atoms with Gasteiger partial charge in [0.25, 0.3) is 0 Å². The smallest absolute Gasteiger partial charge is 0.188 e. The van der Waals surface area contributed by atoms with E-state index >= 15 is 0 Å². The summed E-state index contributed by atoms with van der Waals surface area (Å²) in [6.07, 6.45) is 2.33. The Morgan fingerprint density at radius 3 is 2.55 bits per heavy atom. The van der Waals surface area contributed by atoms with E-state index in [1.165, 1.54) is 32.6 Å². The van der Waals surface area contributed by atoms with E-state index < -0.39 is 0 Å². The average molecular weight is 397 g/mol. The van der Waals surface area contributed by atoms with Crippen molar-refractivity contribution in [3.8, 4) is 0 Å². The number of hydrogen-bond acceptors (Lipinski definition) is 3. The van der Waals surface area contributed by atoms with Crippen LogP contribution in [0.4, 0.5) is 0 Å². The maximum Gasteiger partial charge on any atom is 0.188 e. The van der Waals surface area contributed by atoms with Crippen LogP contribution in [-0.4, -0.2) is 68.6 Å². The Bertz CT molecular complexity index is 264. The molecule has 1 fully saturated rings. The summed E-state index contributed by atoms with van der Waals surface area (Å²) < 4.78 is 0. The lowest BCUT2D eigenvalue weighted by atomic mass is 10.1. The van der Waals surface area contributed by atoms with Gasteiger partial charge in [-0.1, -0.05) is 20.3 Å². The molecule has 1 aliphatic rings. The van der Waals surface area contributed by atoms with Crippen molar-refractivity contribution in [3.05, 3.63) is 0 Å². The highest BCUT2D eigenvalue weighted by Gasteiger charge is 2.15. The molecule has 0 spiro atoms. The van der Waals surface area contributed by atoms with Gasteiger partial charge in [0.1, 0.15) is 0 Å². The molecule has 6 heteroatoms. The lowest BCUT2D eigenvalue weighted by Crippen LogP contribution is -2.46. The molecule has 0 radical (unpaired) electrons. The molecule has 1 heterocycles. The minimum absolute atomic E-state index is 0. The number of piperazine rings is 1. The van der Waals surface area contributed by atoms with Crippen molar-refractivity contribution >= 4 is 29.9 Å². The first-order valence-electron chi connectivity index (χ1n) is 7.56. The van der Waals surface area contributed by atoms with Crippen LogP contribution in [0.2, 0.25) is 0 Å². The third kappa shape index (κ3) is 8.97. The number of guanidine groups is 1. The predicted molar refractivity (Wildman–Crippen MR) is 97.9 cm³/mol. The Morgan fingerprint density at radius 1 is 1.30 bits per heavy atom. The van der Waals surface area contributed by atoms with Crippen LogP contribution in [0.15, 0.2) is 4.99 Å². The number of nitrogens with zero attached hydrogens (tertiary/aromatic N) is 3. The number of halogens is 1. The van der Waals surface area contributed by atoms with Crippen molar-refractivity contribution in [2.75, 3.05) is 52.9 Å². The summed E-state index contributed by atoms with van der Waals surface area (Å²) in [4.78, 5) is 9.34. The Balaban J connectivity index is 0.00000361. The highest BCUT2D eigenvalue weighted by atomic mass is 127. The summed E-state index contributed by atoms with van der Waals surface area (Å²) >= 11 is 0. The molecule has 1 rings (SSSR count). The second kappa shape index (κ2) is 11.6. The minimum atomic E-state index is 0. The van der Waals surface area contributed by atoms with Crippen LogP contribution >= 0.6 is 24.0 Å². The van der Waals surface area contributed by atoms with E-state index in [2.05, 4.69) is 41.0 Å². The second-order valence-corrected chi connectivity index (χ2v) is 5.72. The summed E-state index contributed by atoms with van der Waals surface area (Å²) in [5.41, 5.74) is 5.83. The van der Waals surface area contributed by atoms with Crippen molar-refractivity contribution in [2.45, 2.75) is 26.7 Å². The molecule has 1 unspecified atom stereocenters. The Kier molecular flexibility index (Phi) is 11.5. The first kappa shape index (κ1) is 19.9. The van der Waals surface area contributed by atoms with Crippen LogP contribution in [0.5, 0.6) is 0 Å². The monoisotopic (exact) mass is 397 g/mol. The van der Waals surface area contributed by atoms with Gasteiger partial charge in [-0.2, -0.15) is 0 Å². The van der Waals surface area contributed by atoms with Gasteiger partial charge < -0.3 is 20.9 Å². The molecular weight excluding hydrogens is 365 g/mol. The highest BCUT2D eigenvalue weighted by molar-refractivity contribution is 14.0. The molecule has 0 aliphatic carbocycles. The van der Waals surface area contributed by atoms with Gasteiger partial charge in [-0.25, -0.2) is 0 Å². The van der Waals surface area contributed by atoms with E-state index in [-0.39, 0.29) is 24.0 Å². The lowest BCUT2D eigenvalue weighted by Gasteiger charge is -2.33. The van der Waals surface area contributed by atoms with Crippen LogP contribution in [-0.2, 0) is 0 Å². The van der Waals surface area contributed by atoms with Gasteiger partial charge in [0.05, 0.1) is 0 Å². The van der Waals surface area contributed by atoms with Crippen molar-refractivity contribution < 1.29 is 0 Å². The fraction of sp³-hybridized carbons (Fsp3) is 0.929. The summed E-state index contributed by atoms with van der Waals surface area (Å²) in [6.45, 7) is 12.0. The van der Waals surface area contributed by atoms with E-state index in [4.69, 9.17) is 5.73 Å². The van der Waals surface area contributed by atoms with Crippen LogP contribution in [0, 0.1) is 5.92 Å². The second-order valence-electron chi connectivity index (χ2n) is 5.72. The van der Waals surface area contributed by atoms with Crippen molar-refractivity contribution in [3.63, 3.8) is 0 Å². The quantitative estimate of drug-likeness (QED) is 0.293. The Labute approximate surface area is 141 Å². The zero-order chi connectivity index (χ0) is 14.1. The number of unbranched alkanes of at least 4 members (excludes halogenated alkanes) is 1. The number of nitrogens with two attached hydrogens (primary N) is 1. The number of nitrogens with one attached hydrogen (secondary N) is 1. The molecule has 3 N–H and O–H groups in total. The molecule has 1 aliphatic heterocycles. The molecule has 0 aromatic rings. The van der Waals surface area contributed by atoms with Gasteiger partial charge in [0.15, 0.2) is 5.96 Å². The minimum Gasteiger partial charge on any atom is -0.370 e. The maximum atomic E-state index is 5.83. The molecule has 1 atom stereocenters. The molecular formula is C14H32IN5. The van der Waals surface area contributed by atoms with Gasteiger partial charge in [-0.3, -0.25) is 4.99 Å². The molecule has 0 aromatic carbocycles. The zero-order valence-electron chi connectivity index (χ0n) is 13.3. The third-order valence-electron chi connectivity index (χ3n) is 3.58. The predicted octanol–water partition coefficient (Wildman–Crippen LogP) is 1.19. The zero-order valence-corrected chi connectivity index (χ0v) is 15.6. The number of aliphatic imine (C=N–C) groups is 1. The van der Waals surface area contributed by atoms with Crippen molar-refractivity contribution in [2.24, 2.45) is 16.6 Å². The molecule has 5 nitrogen and oxygen atoms in total. The summed E-state index contributed by atoms with van der Waals surface area (Å²) in [5, 5.41) is 3.16. The molecule has 0 saturated carbocycles. The van der Waals surface area contributed by atoms with E-state index in [0.717, 1.165) is 26.1 Å². The molecule has 0 bridgehead atoms. The van der Waals surface area contributed by atoms with Crippen LogP contribution in [0.25, 0.3) is 0 Å². The number of hydrogen-bond donors (Lipinski definition) is 2. The van der Waals surface area contributed by atoms with E-state index in [1.54, 1.807) is 0 Å². The molecule has 1 saturated heterocycles. The third-order valence-corrected chi connectivity index (χ3v) is 3.58. The van der Waals surface area contributed by atoms with Gasteiger partial charge in [-0.05, 0) is 19.4 Å². The van der Waals surface area contributed by atoms with Crippen LogP contribution < -0.4 is 11.1 Å². The fourth-order valence-electron chi connectivity index (χ4n) is 2.23. The molecule has 20 heavy (non-hydrogen) atoms. The number of rotatable bonds is 7. The van der Waals surface area contributed by atoms with Gasteiger partial charge >= 0.3 is 0 Å². The highest BCUT2D eigenvalue weighted by Crippen LogP contribution is 2.04. The largest absolute Gasteiger partial charge is 0.370 e. The summed E-state index contributed by atoms with van der Waals surface area (Å²) in [5.74, 6) is 1.16. The number of likely N-dealkylation sites (N-methyl/N-ethyl adjacent to an activating group) is 1. The van der Waals surface area contributed by atoms with Crippen molar-refractivity contribution in [1.29, 1.82) is 0 Å².